The second-order valence-corrected chi connectivity index (χ2v) is 11.4. The first-order chi connectivity index (χ1) is 18.9. The molecule has 3 aliphatic rings. The Hall–Kier alpha value is -3.63. The third-order valence-corrected chi connectivity index (χ3v) is 8.41. The van der Waals surface area contributed by atoms with Crippen molar-refractivity contribution in [2.45, 2.75) is 44.4 Å². The number of piperidine rings is 1. The van der Waals surface area contributed by atoms with E-state index in [1.54, 1.807) is 24.3 Å². The van der Waals surface area contributed by atoms with Crippen LogP contribution in [-0.2, 0) is 11.4 Å². The van der Waals surface area contributed by atoms with Crippen LogP contribution in [0.1, 0.15) is 40.9 Å². The molecule has 1 saturated heterocycles. The summed E-state index contributed by atoms with van der Waals surface area (Å²) in [5.41, 5.74) is 5.32. The number of hydrazone groups is 1. The summed E-state index contributed by atoms with van der Waals surface area (Å²) in [5.74, 6) is 0.632. The van der Waals surface area contributed by atoms with E-state index >= 15 is 0 Å². The van der Waals surface area contributed by atoms with Crippen molar-refractivity contribution in [1.82, 2.24) is 20.6 Å². The molecule has 0 bridgehead atoms. The summed E-state index contributed by atoms with van der Waals surface area (Å²) < 4.78 is 6.05. The minimum absolute atomic E-state index is 0.140. The van der Waals surface area contributed by atoms with Gasteiger partial charge in [-0.05, 0) is 62.6 Å². The van der Waals surface area contributed by atoms with Gasteiger partial charge in [0.15, 0.2) is 5.56 Å². The fourth-order valence-corrected chi connectivity index (χ4v) is 6.10. The van der Waals surface area contributed by atoms with E-state index in [9.17, 15) is 14.7 Å². The predicted molar refractivity (Wildman–Crippen MR) is 150 cm³/mol. The molecular weight excluding hydrogens is 514 g/mol. The molecule has 1 unspecified atom stereocenters. The number of aryl methyl sites for hydroxylation is 1. The van der Waals surface area contributed by atoms with Crippen molar-refractivity contribution in [1.29, 1.82) is 0 Å². The van der Waals surface area contributed by atoms with Gasteiger partial charge in [0.25, 0.3) is 5.91 Å². The number of nitrogens with one attached hydrogen (secondary N) is 2. The highest BCUT2D eigenvalue weighted by Gasteiger charge is 2.41. The molecule has 2 aliphatic heterocycles. The molecule has 1 saturated carbocycles. The average Bonchev–Trinajstić information content (AvgIpc) is 3.71. The standard InChI is InChI=1S/C29H31N5O4S/c1-17-14-20(22-4-2-3-5-24(22)30-17)16-38-21-10-8-18(9-11-21)26(35)31-25-12-13-34(28(36)19-6-7-19)15-23(25)27-32-33-29(37)39-27/h2-5,8-11,14,19,23,25,29,33,37H,6-7,12-13,15-16H2,1H3,(H,31,35)/t23-,25+,29?/m0/s1. The van der Waals surface area contributed by atoms with Gasteiger partial charge in [0.2, 0.25) is 5.91 Å². The molecule has 2 aromatic carbocycles. The summed E-state index contributed by atoms with van der Waals surface area (Å²) in [7, 11) is 0. The van der Waals surface area contributed by atoms with E-state index in [4.69, 9.17) is 4.74 Å². The SMILES string of the molecule is Cc1cc(COc2ccc(C(=O)N[C@@H]3CCN(C(=O)C4CC4)C[C@@H]3C3=NNC(O)S3)cc2)c2ccccc2n1. The largest absolute Gasteiger partial charge is 0.489 e. The van der Waals surface area contributed by atoms with Crippen LogP contribution in [0.5, 0.6) is 5.75 Å². The van der Waals surface area contributed by atoms with Crippen LogP contribution < -0.4 is 15.5 Å². The molecule has 3 heterocycles. The van der Waals surface area contributed by atoms with Gasteiger partial charge < -0.3 is 20.1 Å². The molecule has 3 aromatic rings. The van der Waals surface area contributed by atoms with E-state index in [2.05, 4.69) is 20.8 Å². The number of hydrogen-bond acceptors (Lipinski definition) is 8. The quantitative estimate of drug-likeness (QED) is 0.417. The van der Waals surface area contributed by atoms with Crippen molar-refractivity contribution in [2.75, 3.05) is 13.1 Å². The lowest BCUT2D eigenvalue weighted by Gasteiger charge is -2.38. The fraction of sp³-hybridized carbons (Fsp3) is 0.379. The van der Waals surface area contributed by atoms with Crippen molar-refractivity contribution in [3.63, 3.8) is 0 Å². The molecule has 202 valence electrons. The number of fused-ring (bicyclic) bond motifs is 1. The number of ether oxygens (including phenoxy) is 1. The van der Waals surface area contributed by atoms with Crippen LogP contribution in [0, 0.1) is 18.8 Å². The third-order valence-electron chi connectivity index (χ3n) is 7.44. The zero-order chi connectivity index (χ0) is 26.9. The lowest BCUT2D eigenvalue weighted by atomic mass is 9.92. The van der Waals surface area contributed by atoms with Crippen molar-refractivity contribution in [2.24, 2.45) is 16.9 Å². The van der Waals surface area contributed by atoms with Crippen molar-refractivity contribution in [3.05, 3.63) is 71.4 Å². The highest BCUT2D eigenvalue weighted by atomic mass is 32.2. The summed E-state index contributed by atoms with van der Waals surface area (Å²) in [6, 6.07) is 17.0. The molecule has 10 heteroatoms. The monoisotopic (exact) mass is 545 g/mol. The predicted octanol–water partition coefficient (Wildman–Crippen LogP) is 3.40. The van der Waals surface area contributed by atoms with Gasteiger partial charge in [0.05, 0.1) is 5.52 Å². The third kappa shape index (κ3) is 5.72. The number of rotatable bonds is 7. The second kappa shape index (κ2) is 10.9. The number of para-hydroxylation sites is 1. The number of likely N-dealkylation sites (tertiary alicyclic amines) is 1. The number of hydrogen-bond donors (Lipinski definition) is 3. The van der Waals surface area contributed by atoms with Crippen LogP contribution in [0.25, 0.3) is 10.9 Å². The Morgan fingerprint density at radius 1 is 1.15 bits per heavy atom. The van der Waals surface area contributed by atoms with Crippen LogP contribution >= 0.6 is 11.8 Å². The summed E-state index contributed by atoms with van der Waals surface area (Å²) in [6.45, 7) is 3.45. The van der Waals surface area contributed by atoms with Crippen molar-refractivity contribution < 1.29 is 19.4 Å². The summed E-state index contributed by atoms with van der Waals surface area (Å²) in [5, 5.41) is 19.1. The van der Waals surface area contributed by atoms with Gasteiger partial charge in [-0.1, -0.05) is 30.0 Å². The van der Waals surface area contributed by atoms with E-state index < -0.39 is 5.56 Å². The average molecular weight is 546 g/mol. The number of aliphatic hydroxyl groups excluding tert-OH is 1. The number of thioether (sulfide) groups is 1. The maximum Gasteiger partial charge on any atom is 0.251 e. The Morgan fingerprint density at radius 2 is 1.95 bits per heavy atom. The zero-order valence-electron chi connectivity index (χ0n) is 21.7. The van der Waals surface area contributed by atoms with Gasteiger partial charge >= 0.3 is 0 Å². The first-order valence-electron chi connectivity index (χ1n) is 13.3. The van der Waals surface area contributed by atoms with Crippen LogP contribution in [0.3, 0.4) is 0 Å². The van der Waals surface area contributed by atoms with E-state index in [-0.39, 0.29) is 29.7 Å². The first kappa shape index (κ1) is 25.6. The van der Waals surface area contributed by atoms with Gasteiger partial charge in [-0.2, -0.15) is 5.10 Å². The molecule has 0 spiro atoms. The zero-order valence-corrected chi connectivity index (χ0v) is 22.5. The second-order valence-electron chi connectivity index (χ2n) is 10.3. The lowest BCUT2D eigenvalue weighted by molar-refractivity contribution is -0.134. The Balaban J connectivity index is 1.10. The number of aromatic nitrogens is 1. The number of carbonyl (C=O) groups is 2. The molecule has 6 rings (SSSR count). The van der Waals surface area contributed by atoms with Gasteiger partial charge in [-0.15, -0.1) is 0 Å². The molecule has 1 aromatic heterocycles. The molecule has 3 atom stereocenters. The number of carbonyl (C=O) groups excluding carboxylic acids is 2. The number of nitrogens with zero attached hydrogens (tertiary/aromatic N) is 3. The number of aliphatic hydroxyl groups is 1. The number of amides is 2. The molecule has 2 fully saturated rings. The minimum Gasteiger partial charge on any atom is -0.489 e. The smallest absolute Gasteiger partial charge is 0.251 e. The van der Waals surface area contributed by atoms with Crippen LogP contribution in [-0.4, -0.2) is 56.5 Å². The van der Waals surface area contributed by atoms with Crippen LogP contribution in [0.15, 0.2) is 59.7 Å². The molecule has 39 heavy (non-hydrogen) atoms. The van der Waals surface area contributed by atoms with Gasteiger partial charge in [-0.25, -0.2) is 0 Å². The topological polar surface area (TPSA) is 116 Å². The highest BCUT2D eigenvalue weighted by molar-refractivity contribution is 8.14. The van der Waals surface area contributed by atoms with Crippen molar-refractivity contribution in [3.8, 4) is 5.75 Å². The molecular formula is C29H31N5O4S. The Kier molecular flexibility index (Phi) is 7.14. The lowest BCUT2D eigenvalue weighted by Crippen LogP contribution is -2.54. The first-order valence-corrected chi connectivity index (χ1v) is 14.2. The maximum absolute atomic E-state index is 13.2. The summed E-state index contributed by atoms with van der Waals surface area (Å²) in [6.07, 6.45) is 2.54. The molecule has 0 radical (unpaired) electrons. The highest BCUT2D eigenvalue weighted by Crippen LogP contribution is 2.34. The van der Waals surface area contributed by atoms with Crippen molar-refractivity contribution >= 4 is 39.5 Å². The number of benzene rings is 2. The summed E-state index contributed by atoms with van der Waals surface area (Å²) >= 11 is 1.23. The Bertz CT molecular complexity index is 1420. The van der Waals surface area contributed by atoms with E-state index in [0.29, 0.717) is 42.5 Å². The molecule has 3 N–H and O–H groups in total. The fourth-order valence-electron chi connectivity index (χ4n) is 5.25. The van der Waals surface area contributed by atoms with Crippen LogP contribution in [0.4, 0.5) is 0 Å². The normalized spacial score (nSPS) is 22.8. The molecule has 1 aliphatic carbocycles. The van der Waals surface area contributed by atoms with Gasteiger partial charge in [-0.3, -0.25) is 20.0 Å². The van der Waals surface area contributed by atoms with Crippen LogP contribution in [0.2, 0.25) is 0 Å². The molecule has 2 amide bonds. The Labute approximate surface area is 231 Å². The number of pyridine rings is 1. The van der Waals surface area contributed by atoms with E-state index in [1.807, 2.05) is 42.2 Å². The van der Waals surface area contributed by atoms with E-state index in [0.717, 1.165) is 35.0 Å². The maximum atomic E-state index is 13.2. The van der Waals surface area contributed by atoms with Gasteiger partial charge in [0.1, 0.15) is 17.4 Å². The summed E-state index contributed by atoms with van der Waals surface area (Å²) in [4.78, 5) is 32.4. The molecule has 9 nitrogen and oxygen atoms in total. The minimum atomic E-state index is -0.813. The Morgan fingerprint density at radius 3 is 2.69 bits per heavy atom. The van der Waals surface area contributed by atoms with Gasteiger partial charge in [0, 0.05) is 53.2 Å². The van der Waals surface area contributed by atoms with E-state index in [1.165, 1.54) is 11.8 Å².